The molecule has 3 rings (SSSR count). The summed E-state index contributed by atoms with van der Waals surface area (Å²) in [5.41, 5.74) is -1.11. The van der Waals surface area contributed by atoms with Gasteiger partial charge < -0.3 is 5.32 Å². The summed E-state index contributed by atoms with van der Waals surface area (Å²) >= 11 is 0. The molecule has 0 unspecified atom stereocenters. The smallest absolute Gasteiger partial charge is 0.322 e. The zero-order valence-corrected chi connectivity index (χ0v) is 15.1. The fraction of sp³-hybridized carbons (Fsp3) is 0.500. The third kappa shape index (κ3) is 3.61. The second-order valence-electron chi connectivity index (χ2n) is 6.75. The Kier molecular flexibility index (Phi) is 4.80. The number of Topliss-reactive ketones (excluding diaryl/α,β-unsaturated/α-hetero) is 1. The Morgan fingerprint density at radius 2 is 2.00 bits per heavy atom. The lowest BCUT2D eigenvalue weighted by molar-refractivity contribution is -0.122. The summed E-state index contributed by atoms with van der Waals surface area (Å²) in [6.07, 6.45) is 2.34. The van der Waals surface area contributed by atoms with Crippen LogP contribution in [0.5, 0.6) is 0 Å². The van der Waals surface area contributed by atoms with Crippen LogP contribution in [0.25, 0.3) is 0 Å². The minimum Gasteiger partial charge on any atom is -0.322 e. The van der Waals surface area contributed by atoms with Crippen LogP contribution in [0.15, 0.2) is 24.4 Å². The Morgan fingerprint density at radius 3 is 2.54 bits per heavy atom. The van der Waals surface area contributed by atoms with Gasteiger partial charge in [0.05, 0.1) is 5.75 Å². The number of carbonyl (C=O) groups is 3. The highest BCUT2D eigenvalue weighted by atomic mass is 32.2. The number of hydrogen-bond acceptors (Lipinski definition) is 6. The second-order valence-corrected chi connectivity index (χ2v) is 8.72. The van der Waals surface area contributed by atoms with Crippen molar-refractivity contribution in [2.75, 3.05) is 18.8 Å². The highest BCUT2D eigenvalue weighted by Crippen LogP contribution is 2.25. The topological polar surface area (TPSA) is 126 Å². The van der Waals surface area contributed by atoms with E-state index in [9.17, 15) is 22.8 Å². The van der Waals surface area contributed by atoms with Crippen molar-refractivity contribution in [1.29, 1.82) is 0 Å². The van der Waals surface area contributed by atoms with E-state index in [2.05, 4.69) is 10.3 Å². The summed E-state index contributed by atoms with van der Waals surface area (Å²) in [5.74, 6) is -1.54. The monoisotopic (exact) mass is 380 g/mol. The van der Waals surface area contributed by atoms with Crippen molar-refractivity contribution in [2.24, 2.45) is 5.92 Å². The van der Waals surface area contributed by atoms with E-state index < -0.39 is 33.3 Å². The van der Waals surface area contributed by atoms with E-state index in [1.54, 1.807) is 24.4 Å². The number of sulfonamides is 1. The molecule has 26 heavy (non-hydrogen) atoms. The molecular weight excluding hydrogens is 360 g/mol. The van der Waals surface area contributed by atoms with Crippen LogP contribution in [0.1, 0.15) is 30.3 Å². The Morgan fingerprint density at radius 1 is 1.31 bits per heavy atom. The molecule has 2 N–H and O–H groups in total. The van der Waals surface area contributed by atoms with Crippen LogP contribution < -0.4 is 10.6 Å². The van der Waals surface area contributed by atoms with E-state index in [-0.39, 0.29) is 24.8 Å². The summed E-state index contributed by atoms with van der Waals surface area (Å²) < 4.78 is 26.6. The number of imide groups is 1. The molecule has 0 saturated carbocycles. The van der Waals surface area contributed by atoms with Gasteiger partial charge in [-0.1, -0.05) is 6.07 Å². The number of urea groups is 1. The molecule has 2 fully saturated rings. The van der Waals surface area contributed by atoms with Crippen molar-refractivity contribution in [1.82, 2.24) is 19.9 Å². The van der Waals surface area contributed by atoms with E-state index in [0.717, 1.165) is 0 Å². The van der Waals surface area contributed by atoms with Crippen LogP contribution >= 0.6 is 0 Å². The summed E-state index contributed by atoms with van der Waals surface area (Å²) in [6, 6.07) is 4.41. The van der Waals surface area contributed by atoms with E-state index in [4.69, 9.17) is 0 Å². The van der Waals surface area contributed by atoms with Gasteiger partial charge in [-0.05, 0) is 31.9 Å². The maximum absolute atomic E-state index is 12.6. The maximum atomic E-state index is 12.6. The van der Waals surface area contributed by atoms with Crippen molar-refractivity contribution in [3.8, 4) is 0 Å². The fourth-order valence-corrected chi connectivity index (χ4v) is 5.13. The molecule has 0 bridgehead atoms. The van der Waals surface area contributed by atoms with Crippen LogP contribution in [0, 0.1) is 5.92 Å². The first-order valence-electron chi connectivity index (χ1n) is 8.28. The van der Waals surface area contributed by atoms with Gasteiger partial charge >= 0.3 is 6.03 Å². The van der Waals surface area contributed by atoms with Gasteiger partial charge in [0, 0.05) is 25.2 Å². The number of hydrogen-bond donors (Lipinski definition) is 2. The fourth-order valence-electron chi connectivity index (χ4n) is 3.25. The Labute approximate surface area is 151 Å². The number of nitrogens with zero attached hydrogens (tertiary/aromatic N) is 2. The summed E-state index contributed by atoms with van der Waals surface area (Å²) in [4.78, 5) is 39.6. The predicted octanol–water partition coefficient (Wildman–Crippen LogP) is -0.0958. The first kappa shape index (κ1) is 18.5. The van der Waals surface area contributed by atoms with Crippen molar-refractivity contribution in [3.63, 3.8) is 0 Å². The lowest BCUT2D eigenvalue weighted by atomic mass is 9.92. The SMILES string of the molecule is C[C@]1(CS(=O)(=O)N2CCC(C(=O)c3ccccn3)CC2)NC(=O)NC1=O. The number of pyridine rings is 1. The number of piperidine rings is 1. The molecule has 140 valence electrons. The number of rotatable bonds is 5. The van der Waals surface area contributed by atoms with E-state index in [0.29, 0.717) is 18.5 Å². The van der Waals surface area contributed by atoms with E-state index >= 15 is 0 Å². The number of aromatic nitrogens is 1. The first-order chi connectivity index (χ1) is 12.2. The van der Waals surface area contributed by atoms with Crippen LogP contribution in [0.4, 0.5) is 4.79 Å². The highest BCUT2D eigenvalue weighted by Gasteiger charge is 2.47. The molecule has 9 nitrogen and oxygen atoms in total. The van der Waals surface area contributed by atoms with Gasteiger partial charge in [-0.15, -0.1) is 0 Å². The molecule has 0 spiro atoms. The average Bonchev–Trinajstić information content (AvgIpc) is 2.86. The van der Waals surface area contributed by atoms with Crippen LogP contribution in [0.3, 0.4) is 0 Å². The number of carbonyl (C=O) groups excluding carboxylic acids is 3. The Bertz CT molecular complexity index is 833. The molecule has 0 radical (unpaired) electrons. The van der Waals surface area contributed by atoms with Crippen molar-refractivity contribution >= 4 is 27.7 Å². The summed E-state index contributed by atoms with van der Waals surface area (Å²) in [6.45, 7) is 1.76. The van der Waals surface area contributed by atoms with E-state index in [1.807, 2.05) is 5.32 Å². The quantitative estimate of drug-likeness (QED) is 0.543. The van der Waals surface area contributed by atoms with Gasteiger partial charge in [0.2, 0.25) is 10.0 Å². The standard InChI is InChI=1S/C16H20N4O5S/c1-16(14(22)18-15(23)19-16)10-26(24,25)20-8-5-11(6-9-20)13(21)12-4-2-3-7-17-12/h2-4,7,11H,5-6,8-10H2,1H3,(H2,18,19,22,23)/t16-/m1/s1. The van der Waals surface area contributed by atoms with Crippen LogP contribution in [0.2, 0.25) is 0 Å². The zero-order valence-electron chi connectivity index (χ0n) is 14.3. The molecule has 0 aromatic carbocycles. The maximum Gasteiger partial charge on any atom is 0.322 e. The molecule has 3 amide bonds. The molecule has 0 aliphatic carbocycles. The third-order valence-corrected chi connectivity index (χ3v) is 6.82. The molecule has 1 aromatic rings. The van der Waals surface area contributed by atoms with Crippen molar-refractivity contribution in [3.05, 3.63) is 30.1 Å². The minimum atomic E-state index is -3.76. The lowest BCUT2D eigenvalue weighted by Crippen LogP contribution is -2.53. The lowest BCUT2D eigenvalue weighted by Gasteiger charge is -2.32. The number of amides is 3. The summed E-state index contributed by atoms with van der Waals surface area (Å²) in [5, 5.41) is 4.41. The van der Waals surface area contributed by atoms with Gasteiger partial charge in [-0.3, -0.25) is 19.9 Å². The summed E-state index contributed by atoms with van der Waals surface area (Å²) in [7, 11) is -3.76. The van der Waals surface area contributed by atoms with Gasteiger partial charge in [0.25, 0.3) is 5.91 Å². The van der Waals surface area contributed by atoms with Crippen LogP contribution in [-0.4, -0.2) is 59.8 Å². The van der Waals surface area contributed by atoms with Gasteiger partial charge in [-0.25, -0.2) is 17.5 Å². The molecule has 2 aliphatic heterocycles. The molecule has 3 heterocycles. The largest absolute Gasteiger partial charge is 0.322 e. The molecule has 2 aliphatic rings. The normalized spacial score (nSPS) is 25.0. The zero-order chi connectivity index (χ0) is 18.9. The first-order valence-corrected chi connectivity index (χ1v) is 9.89. The van der Waals surface area contributed by atoms with Gasteiger partial charge in [-0.2, -0.15) is 0 Å². The minimum absolute atomic E-state index is 0.0861. The molecule has 2 saturated heterocycles. The molecular formula is C16H20N4O5S. The Hall–Kier alpha value is -2.33. The third-order valence-electron chi connectivity index (χ3n) is 4.72. The average molecular weight is 380 g/mol. The molecule has 1 aromatic heterocycles. The highest BCUT2D eigenvalue weighted by molar-refractivity contribution is 7.89. The molecule has 1 atom stereocenters. The number of ketones is 1. The van der Waals surface area contributed by atoms with Crippen LogP contribution in [-0.2, 0) is 14.8 Å². The van der Waals surface area contributed by atoms with Crippen molar-refractivity contribution < 1.29 is 22.8 Å². The molecule has 10 heteroatoms. The second kappa shape index (κ2) is 6.76. The Balaban J connectivity index is 1.63. The van der Waals surface area contributed by atoms with E-state index in [1.165, 1.54) is 11.2 Å². The van der Waals surface area contributed by atoms with Gasteiger partial charge in [0.15, 0.2) is 5.78 Å². The van der Waals surface area contributed by atoms with Crippen molar-refractivity contribution in [2.45, 2.75) is 25.3 Å². The van der Waals surface area contributed by atoms with Gasteiger partial charge in [0.1, 0.15) is 11.2 Å². The predicted molar refractivity (Wildman–Crippen MR) is 91.7 cm³/mol. The number of nitrogens with one attached hydrogen (secondary N) is 2.